The van der Waals surface area contributed by atoms with Crippen molar-refractivity contribution in [2.45, 2.75) is 17.9 Å². The Bertz CT molecular complexity index is 1090. The van der Waals surface area contributed by atoms with Gasteiger partial charge in [-0.15, -0.1) is 0 Å². The summed E-state index contributed by atoms with van der Waals surface area (Å²) in [4.78, 5) is 36.0. The van der Waals surface area contributed by atoms with Crippen LogP contribution in [0.3, 0.4) is 0 Å². The number of nitrogens with one attached hydrogen (secondary N) is 2. The summed E-state index contributed by atoms with van der Waals surface area (Å²) in [5.74, 6) is -1.19. The Morgan fingerprint density at radius 1 is 1.03 bits per heavy atom. The van der Waals surface area contributed by atoms with E-state index in [0.717, 1.165) is 11.8 Å². The van der Waals surface area contributed by atoms with E-state index < -0.39 is 40.3 Å². The lowest BCUT2D eigenvalue weighted by Crippen LogP contribution is -2.39. The summed E-state index contributed by atoms with van der Waals surface area (Å²) in [5.41, 5.74) is 1.13. The van der Waals surface area contributed by atoms with Crippen LogP contribution in [-0.2, 0) is 29.0 Å². The van der Waals surface area contributed by atoms with Gasteiger partial charge in [-0.2, -0.15) is 0 Å². The first-order valence-electron chi connectivity index (χ1n) is 9.47. The number of hydrogen-bond acceptors (Lipinski definition) is 7. The molecule has 0 spiro atoms. The Kier molecular flexibility index (Phi) is 8.54. The number of anilines is 1. The number of rotatable bonds is 9. The second-order valence-corrected chi connectivity index (χ2v) is 8.80. The molecular weight excluding hydrogens is 436 g/mol. The van der Waals surface area contributed by atoms with Crippen molar-refractivity contribution in [1.82, 2.24) is 5.32 Å². The molecule has 2 rings (SSSR count). The summed E-state index contributed by atoms with van der Waals surface area (Å²) < 4.78 is 32.8. The molecule has 0 bridgehead atoms. The number of carbonyl (C=O) groups excluding carboxylic acids is 3. The summed E-state index contributed by atoms with van der Waals surface area (Å²) in [6.45, 7) is 0.873. The van der Waals surface area contributed by atoms with Gasteiger partial charge in [-0.1, -0.05) is 12.1 Å². The van der Waals surface area contributed by atoms with Crippen LogP contribution < -0.4 is 15.4 Å². The lowest BCUT2D eigenvalue weighted by Gasteiger charge is -2.12. The van der Waals surface area contributed by atoms with Crippen LogP contribution in [0.25, 0.3) is 6.08 Å². The van der Waals surface area contributed by atoms with Crippen LogP contribution in [0.15, 0.2) is 59.5 Å². The Morgan fingerprint density at radius 2 is 1.66 bits per heavy atom. The largest absolute Gasteiger partial charge is 0.497 e. The van der Waals surface area contributed by atoms with E-state index in [0.29, 0.717) is 11.4 Å². The maximum atomic E-state index is 12.0. The molecule has 0 saturated carbocycles. The molecular formula is C22H24N2O7S. The molecule has 32 heavy (non-hydrogen) atoms. The van der Waals surface area contributed by atoms with Crippen LogP contribution in [-0.4, -0.2) is 52.2 Å². The molecule has 0 radical (unpaired) electrons. The number of sulfone groups is 1. The van der Waals surface area contributed by atoms with E-state index in [1.54, 1.807) is 37.5 Å². The van der Waals surface area contributed by atoms with Gasteiger partial charge in [-0.3, -0.25) is 9.59 Å². The van der Waals surface area contributed by atoms with Gasteiger partial charge < -0.3 is 20.1 Å². The van der Waals surface area contributed by atoms with E-state index in [4.69, 9.17) is 9.47 Å². The predicted octanol–water partition coefficient (Wildman–Crippen LogP) is 1.80. The van der Waals surface area contributed by atoms with Gasteiger partial charge in [-0.05, 0) is 55.0 Å². The highest BCUT2D eigenvalue weighted by atomic mass is 32.2. The van der Waals surface area contributed by atoms with E-state index in [1.807, 2.05) is 0 Å². The number of methoxy groups -OCH3 is 1. The zero-order chi connectivity index (χ0) is 23.7. The van der Waals surface area contributed by atoms with E-state index in [2.05, 4.69) is 10.6 Å². The Hall–Kier alpha value is -3.66. The van der Waals surface area contributed by atoms with E-state index in [1.165, 1.54) is 37.3 Å². The normalized spacial score (nSPS) is 12.1. The van der Waals surface area contributed by atoms with Crippen molar-refractivity contribution in [1.29, 1.82) is 0 Å². The third-order valence-corrected chi connectivity index (χ3v) is 5.30. The molecule has 0 aliphatic heterocycles. The van der Waals surface area contributed by atoms with Gasteiger partial charge in [0.2, 0.25) is 5.91 Å². The third kappa shape index (κ3) is 7.88. The van der Waals surface area contributed by atoms with Crippen LogP contribution in [0.4, 0.5) is 5.69 Å². The summed E-state index contributed by atoms with van der Waals surface area (Å²) in [5, 5.41) is 4.94. The highest BCUT2D eigenvalue weighted by Crippen LogP contribution is 2.14. The van der Waals surface area contributed by atoms with Crippen LogP contribution in [0.2, 0.25) is 0 Å². The maximum absolute atomic E-state index is 12.0. The molecule has 10 heteroatoms. The highest BCUT2D eigenvalue weighted by Gasteiger charge is 2.17. The van der Waals surface area contributed by atoms with Crippen LogP contribution >= 0.6 is 0 Å². The SMILES string of the molecule is COc1ccc(/C=C/C(=O)N[C@@H](C)C(=O)OCC(=O)Nc2ccc(S(C)(=O)=O)cc2)cc1. The number of hydrogen-bond donors (Lipinski definition) is 2. The third-order valence-electron chi connectivity index (χ3n) is 4.17. The first kappa shape index (κ1) is 24.6. The highest BCUT2D eigenvalue weighted by molar-refractivity contribution is 7.90. The number of benzene rings is 2. The summed E-state index contributed by atoms with van der Waals surface area (Å²) in [6.07, 6.45) is 3.93. The molecule has 1 atom stereocenters. The molecule has 9 nitrogen and oxygen atoms in total. The minimum atomic E-state index is -3.34. The van der Waals surface area contributed by atoms with Crippen LogP contribution in [0.1, 0.15) is 12.5 Å². The first-order valence-corrected chi connectivity index (χ1v) is 11.4. The molecule has 0 saturated heterocycles. The fourth-order valence-corrected chi connectivity index (χ4v) is 3.08. The number of carbonyl (C=O) groups is 3. The number of amides is 2. The van der Waals surface area contributed by atoms with Crippen molar-refractivity contribution in [2.24, 2.45) is 0 Å². The molecule has 2 amide bonds. The number of esters is 1. The lowest BCUT2D eigenvalue weighted by atomic mass is 10.2. The van der Waals surface area contributed by atoms with Gasteiger partial charge in [0.1, 0.15) is 11.8 Å². The fraction of sp³-hybridized carbons (Fsp3) is 0.227. The summed E-state index contributed by atoms with van der Waals surface area (Å²) in [6, 6.07) is 11.6. The Labute approximate surface area is 186 Å². The fourth-order valence-electron chi connectivity index (χ4n) is 2.45. The van der Waals surface area contributed by atoms with Crippen molar-refractivity contribution in [2.75, 3.05) is 25.3 Å². The predicted molar refractivity (Wildman–Crippen MR) is 119 cm³/mol. The smallest absolute Gasteiger partial charge is 0.328 e. The maximum Gasteiger partial charge on any atom is 0.328 e. The van der Waals surface area contributed by atoms with E-state index in [-0.39, 0.29) is 4.90 Å². The van der Waals surface area contributed by atoms with Crippen LogP contribution in [0, 0.1) is 0 Å². The molecule has 0 aromatic heterocycles. The molecule has 0 unspecified atom stereocenters. The van der Waals surface area contributed by atoms with Crippen molar-refractivity contribution in [3.8, 4) is 5.75 Å². The van der Waals surface area contributed by atoms with Gasteiger partial charge in [0, 0.05) is 18.0 Å². The molecule has 2 N–H and O–H groups in total. The molecule has 0 aliphatic rings. The van der Waals surface area contributed by atoms with Crippen molar-refractivity contribution < 1.29 is 32.3 Å². The molecule has 2 aromatic carbocycles. The van der Waals surface area contributed by atoms with Gasteiger partial charge in [0.15, 0.2) is 16.4 Å². The molecule has 0 fully saturated rings. The van der Waals surface area contributed by atoms with Gasteiger partial charge in [0.05, 0.1) is 12.0 Å². The molecule has 0 aliphatic carbocycles. The van der Waals surface area contributed by atoms with Crippen molar-refractivity contribution >= 4 is 39.4 Å². The zero-order valence-corrected chi connectivity index (χ0v) is 18.6. The van der Waals surface area contributed by atoms with Gasteiger partial charge in [-0.25, -0.2) is 13.2 Å². The van der Waals surface area contributed by atoms with Crippen molar-refractivity contribution in [3.05, 3.63) is 60.2 Å². The molecule has 2 aromatic rings. The van der Waals surface area contributed by atoms with E-state index in [9.17, 15) is 22.8 Å². The van der Waals surface area contributed by atoms with E-state index >= 15 is 0 Å². The van der Waals surface area contributed by atoms with Crippen molar-refractivity contribution in [3.63, 3.8) is 0 Å². The zero-order valence-electron chi connectivity index (χ0n) is 17.8. The standard InChI is InChI=1S/C22H24N2O7S/c1-15(23-20(25)13-6-16-4-9-18(30-2)10-5-16)22(27)31-14-21(26)24-17-7-11-19(12-8-17)32(3,28)29/h4-13,15H,14H2,1-3H3,(H,23,25)(H,24,26)/b13-6+/t15-/m0/s1. The topological polar surface area (TPSA) is 128 Å². The second-order valence-electron chi connectivity index (χ2n) is 6.79. The quantitative estimate of drug-likeness (QED) is 0.431. The number of ether oxygens (including phenoxy) is 2. The van der Waals surface area contributed by atoms with Crippen LogP contribution in [0.5, 0.6) is 5.75 Å². The average Bonchev–Trinajstić information content (AvgIpc) is 2.76. The summed E-state index contributed by atoms with van der Waals surface area (Å²) >= 11 is 0. The average molecular weight is 461 g/mol. The first-order chi connectivity index (χ1) is 15.1. The van der Waals surface area contributed by atoms with Gasteiger partial charge in [0.25, 0.3) is 5.91 Å². The molecule has 170 valence electrons. The molecule has 0 heterocycles. The second kappa shape index (κ2) is 11.1. The van der Waals surface area contributed by atoms with Gasteiger partial charge >= 0.3 is 5.97 Å². The minimum absolute atomic E-state index is 0.118. The monoisotopic (exact) mass is 460 g/mol. The summed E-state index contributed by atoms with van der Waals surface area (Å²) in [7, 11) is -1.78. The lowest BCUT2D eigenvalue weighted by molar-refractivity contribution is -0.149. The minimum Gasteiger partial charge on any atom is -0.497 e. The Morgan fingerprint density at radius 3 is 2.22 bits per heavy atom. The Balaban J connectivity index is 1.78.